The van der Waals surface area contributed by atoms with Gasteiger partial charge < -0.3 is 10.1 Å². The first-order chi connectivity index (χ1) is 8.93. The van der Waals surface area contributed by atoms with Crippen molar-refractivity contribution in [3.8, 4) is 0 Å². The number of hydrogen-bond acceptors (Lipinski definition) is 5. The number of ether oxygens (including phenoxy) is 1. The first-order valence-electron chi connectivity index (χ1n) is 5.17. The van der Waals surface area contributed by atoms with E-state index in [0.717, 1.165) is 12.1 Å². The molecule has 1 atom stereocenters. The number of carbonyl (C=O) groups is 1. The molecule has 0 radical (unpaired) electrons. The van der Waals surface area contributed by atoms with E-state index in [2.05, 4.69) is 5.32 Å². The lowest BCUT2D eigenvalue weighted by Crippen LogP contribution is -2.15. The van der Waals surface area contributed by atoms with E-state index in [4.69, 9.17) is 4.74 Å². The smallest absolute Gasteiger partial charge is 0.344 e. The third kappa shape index (κ3) is 2.59. The summed E-state index contributed by atoms with van der Waals surface area (Å²) in [5.41, 5.74) is -0.585. The van der Waals surface area contributed by atoms with E-state index >= 15 is 0 Å². The van der Waals surface area contributed by atoms with Gasteiger partial charge in [0, 0.05) is 0 Å². The maximum atomic E-state index is 13.3. The molecule has 0 saturated heterocycles. The molecule has 100 valence electrons. The van der Waals surface area contributed by atoms with Crippen LogP contribution in [0.25, 0.3) is 5.76 Å². The average Bonchev–Trinajstić information content (AvgIpc) is 2.65. The van der Waals surface area contributed by atoms with E-state index in [9.17, 15) is 19.3 Å². The number of nitro groups is 1. The average molecular weight is 378 g/mol. The van der Waals surface area contributed by atoms with Crippen molar-refractivity contribution in [2.75, 3.05) is 7.05 Å². The summed E-state index contributed by atoms with van der Waals surface area (Å²) >= 11 is 2.01. The molecule has 19 heavy (non-hydrogen) atoms. The van der Waals surface area contributed by atoms with E-state index in [0.29, 0.717) is 0 Å². The fourth-order valence-corrected chi connectivity index (χ4v) is 2.02. The van der Waals surface area contributed by atoms with Crippen molar-refractivity contribution in [2.24, 2.45) is 0 Å². The number of alkyl halides is 1. The van der Waals surface area contributed by atoms with Crippen LogP contribution in [0.1, 0.15) is 15.9 Å². The third-order valence-electron chi connectivity index (χ3n) is 2.52. The second kappa shape index (κ2) is 5.21. The fraction of sp³-hybridized carbons (Fsp3) is 0.182. The Morgan fingerprint density at radius 3 is 2.84 bits per heavy atom. The van der Waals surface area contributed by atoms with Crippen LogP contribution in [0.15, 0.2) is 18.2 Å². The van der Waals surface area contributed by atoms with Gasteiger partial charge in [0.2, 0.25) is 0 Å². The first-order valence-corrected chi connectivity index (χ1v) is 6.42. The Morgan fingerprint density at radius 2 is 2.26 bits per heavy atom. The van der Waals surface area contributed by atoms with Crippen molar-refractivity contribution in [3.63, 3.8) is 0 Å². The largest absolute Gasteiger partial charge is 0.422 e. The molecule has 2 rings (SSSR count). The lowest BCUT2D eigenvalue weighted by Gasteiger charge is -2.04. The molecule has 1 aliphatic rings. The number of rotatable bonds is 3. The normalized spacial score (nSPS) is 17.2. The lowest BCUT2D eigenvalue weighted by molar-refractivity contribution is -0.385. The maximum Gasteiger partial charge on any atom is 0.344 e. The molecule has 1 N–H and O–H groups in total. The zero-order chi connectivity index (χ0) is 14.2. The Balaban J connectivity index is 2.65. The summed E-state index contributed by atoms with van der Waals surface area (Å²) in [5.74, 6) is -1.56. The molecule has 0 fully saturated rings. The Bertz CT molecular complexity index is 603. The summed E-state index contributed by atoms with van der Waals surface area (Å²) in [7, 11) is 1.69. The van der Waals surface area contributed by atoms with E-state index in [1.54, 1.807) is 7.05 Å². The van der Waals surface area contributed by atoms with Gasteiger partial charge in [-0.2, -0.15) is 0 Å². The molecule has 0 saturated carbocycles. The molecular weight excluding hydrogens is 370 g/mol. The molecule has 0 bridgehead atoms. The molecule has 1 unspecified atom stereocenters. The van der Waals surface area contributed by atoms with Gasteiger partial charge in [0.1, 0.15) is 17.1 Å². The minimum atomic E-state index is -0.844. The van der Waals surface area contributed by atoms with Crippen LogP contribution in [0, 0.1) is 15.9 Å². The predicted molar refractivity (Wildman–Crippen MR) is 73.3 cm³/mol. The maximum absolute atomic E-state index is 13.3. The standard InChI is InChI=1S/C11H8FIN2O4/c1-14-9(13)4-8-10-6(11(16)19-8)2-5(12)3-7(10)15(17)18/h2-4,9,14H,1H3/b8-4-. The van der Waals surface area contributed by atoms with Crippen LogP contribution in [0.3, 0.4) is 0 Å². The van der Waals surface area contributed by atoms with Crippen molar-refractivity contribution >= 4 is 40.0 Å². The van der Waals surface area contributed by atoms with Crippen LogP contribution in [0.2, 0.25) is 0 Å². The van der Waals surface area contributed by atoms with Gasteiger partial charge in [0.15, 0.2) is 0 Å². The van der Waals surface area contributed by atoms with Crippen LogP contribution in [-0.2, 0) is 4.74 Å². The second-order valence-electron chi connectivity index (χ2n) is 3.72. The number of hydrogen-bond donors (Lipinski definition) is 1. The molecule has 8 heteroatoms. The number of halogens is 2. The molecule has 1 heterocycles. The highest BCUT2D eigenvalue weighted by molar-refractivity contribution is 14.1. The van der Waals surface area contributed by atoms with Gasteiger partial charge in [-0.3, -0.25) is 10.1 Å². The number of cyclic esters (lactones) is 1. The van der Waals surface area contributed by atoms with Crippen molar-refractivity contribution in [1.82, 2.24) is 5.32 Å². The fourth-order valence-electron chi connectivity index (χ4n) is 1.70. The number of likely N-dealkylation sites (N-methyl/N-ethyl adjacent to an activating group) is 1. The molecule has 0 aromatic heterocycles. The summed E-state index contributed by atoms with van der Waals surface area (Å²) in [4.78, 5) is 21.8. The molecule has 0 aliphatic carbocycles. The van der Waals surface area contributed by atoms with Gasteiger partial charge in [0.05, 0.1) is 20.6 Å². The van der Waals surface area contributed by atoms with Crippen molar-refractivity contribution in [3.05, 3.63) is 45.3 Å². The van der Waals surface area contributed by atoms with Gasteiger partial charge in [-0.05, 0) is 19.2 Å². The van der Waals surface area contributed by atoms with Crippen molar-refractivity contribution in [1.29, 1.82) is 0 Å². The zero-order valence-electron chi connectivity index (χ0n) is 9.65. The molecule has 0 amide bonds. The van der Waals surface area contributed by atoms with E-state index < -0.39 is 22.4 Å². The number of carbonyl (C=O) groups excluding carboxylic acids is 1. The number of nitro benzene ring substituents is 1. The molecule has 1 aliphatic heterocycles. The van der Waals surface area contributed by atoms with Gasteiger partial charge >= 0.3 is 5.97 Å². The molecular formula is C11H8FIN2O4. The van der Waals surface area contributed by atoms with Crippen LogP contribution >= 0.6 is 22.6 Å². The molecule has 1 aromatic rings. The Morgan fingerprint density at radius 1 is 1.58 bits per heavy atom. The topological polar surface area (TPSA) is 81.5 Å². The number of benzene rings is 1. The Labute approximate surface area is 120 Å². The third-order valence-corrected chi connectivity index (χ3v) is 3.50. The summed E-state index contributed by atoms with van der Waals surface area (Å²) < 4.78 is 18.0. The van der Waals surface area contributed by atoms with Crippen molar-refractivity contribution < 1.29 is 18.8 Å². The summed E-state index contributed by atoms with van der Waals surface area (Å²) in [6.45, 7) is 0. The number of esters is 1. The van der Waals surface area contributed by atoms with Gasteiger partial charge in [0.25, 0.3) is 5.69 Å². The quantitative estimate of drug-likeness (QED) is 0.218. The van der Waals surface area contributed by atoms with E-state index in [1.807, 2.05) is 22.6 Å². The minimum absolute atomic E-state index is 0.0216. The van der Waals surface area contributed by atoms with Crippen molar-refractivity contribution in [2.45, 2.75) is 4.05 Å². The second-order valence-corrected chi connectivity index (χ2v) is 5.06. The summed E-state index contributed by atoms with van der Waals surface area (Å²) in [6, 6.07) is 1.71. The Kier molecular flexibility index (Phi) is 3.80. The van der Waals surface area contributed by atoms with Crippen LogP contribution in [0.5, 0.6) is 0 Å². The number of nitrogens with zero attached hydrogens (tertiary/aromatic N) is 1. The summed E-state index contributed by atoms with van der Waals surface area (Å²) in [6.07, 6.45) is 1.52. The first kappa shape index (κ1) is 13.9. The zero-order valence-corrected chi connectivity index (χ0v) is 11.8. The summed E-state index contributed by atoms with van der Waals surface area (Å²) in [5, 5.41) is 13.8. The van der Waals surface area contributed by atoms with Crippen LogP contribution in [0.4, 0.5) is 10.1 Å². The molecule has 1 aromatic carbocycles. The van der Waals surface area contributed by atoms with Crippen LogP contribution < -0.4 is 5.32 Å². The monoisotopic (exact) mass is 378 g/mol. The van der Waals surface area contributed by atoms with Gasteiger partial charge in [-0.1, -0.05) is 22.6 Å². The van der Waals surface area contributed by atoms with Gasteiger partial charge in [-0.15, -0.1) is 0 Å². The lowest BCUT2D eigenvalue weighted by atomic mass is 10.1. The highest BCUT2D eigenvalue weighted by atomic mass is 127. The SMILES string of the molecule is CNC(I)/C=C1\OC(=O)c2cc(F)cc([N+](=O)[O-])c21. The highest BCUT2D eigenvalue weighted by Gasteiger charge is 2.35. The minimum Gasteiger partial charge on any atom is -0.422 e. The highest BCUT2D eigenvalue weighted by Crippen LogP contribution is 2.37. The molecule has 6 nitrogen and oxygen atoms in total. The molecule has 0 spiro atoms. The van der Waals surface area contributed by atoms with Crippen LogP contribution in [-0.4, -0.2) is 22.0 Å². The van der Waals surface area contributed by atoms with Gasteiger partial charge in [-0.25, -0.2) is 9.18 Å². The predicted octanol–water partition coefficient (Wildman–Crippen LogP) is 2.23. The number of nitrogens with one attached hydrogen (secondary N) is 1. The Hall–Kier alpha value is -1.55. The number of fused-ring (bicyclic) bond motifs is 1. The van der Waals surface area contributed by atoms with E-state index in [1.165, 1.54) is 6.08 Å². The van der Waals surface area contributed by atoms with E-state index in [-0.39, 0.29) is 20.9 Å².